The Morgan fingerprint density at radius 1 is 0.458 bits per heavy atom. The van der Waals surface area contributed by atoms with Crippen LogP contribution in [0.5, 0.6) is 0 Å². The Kier molecular flexibility index (Phi) is 9.18. The third-order valence-electron chi connectivity index (χ3n) is 14.9. The van der Waals surface area contributed by atoms with Crippen LogP contribution in [-0.4, -0.2) is 0 Å². The van der Waals surface area contributed by atoms with Crippen LogP contribution in [-0.2, 0) is 5.41 Å². The van der Waals surface area contributed by atoms with Gasteiger partial charge in [-0.25, -0.2) is 0 Å². The molecule has 3 fully saturated rings. The normalized spacial score (nSPS) is 20.3. The van der Waals surface area contributed by atoms with Crippen LogP contribution in [0.3, 0.4) is 0 Å². The first kappa shape index (κ1) is 36.4. The fourth-order valence-electron chi connectivity index (χ4n) is 12.0. The molecule has 0 spiro atoms. The smallest absolute Gasteiger partial charge is 0.0543 e. The van der Waals surface area contributed by atoms with Gasteiger partial charge in [0.05, 0.1) is 5.69 Å². The van der Waals surface area contributed by atoms with Crippen molar-refractivity contribution in [2.45, 2.75) is 88.9 Å². The molecule has 3 unspecified atom stereocenters. The van der Waals surface area contributed by atoms with Crippen LogP contribution in [0.2, 0.25) is 0 Å². The maximum atomic E-state index is 2.55. The van der Waals surface area contributed by atoms with Crippen LogP contribution in [0.15, 0.2) is 164 Å². The van der Waals surface area contributed by atoms with Gasteiger partial charge in [-0.2, -0.15) is 0 Å². The lowest BCUT2D eigenvalue weighted by Crippen LogP contribution is -2.18. The second-order valence-electron chi connectivity index (χ2n) is 18.7. The predicted molar refractivity (Wildman–Crippen MR) is 249 cm³/mol. The first-order chi connectivity index (χ1) is 29.0. The van der Waals surface area contributed by atoms with Crippen molar-refractivity contribution in [2.75, 3.05) is 4.90 Å². The number of hydrogen-bond acceptors (Lipinski definition) is 1. The molecule has 1 nitrogen and oxygen atoms in total. The topological polar surface area (TPSA) is 3.24 Å². The van der Waals surface area contributed by atoms with E-state index < -0.39 is 0 Å². The summed E-state index contributed by atoms with van der Waals surface area (Å²) in [6.07, 6.45) is 12.3. The van der Waals surface area contributed by atoms with Crippen molar-refractivity contribution in [3.05, 3.63) is 186 Å². The molecular weight excluding hydrogens is 711 g/mol. The van der Waals surface area contributed by atoms with Crippen molar-refractivity contribution in [3.8, 4) is 44.5 Å². The quantitative estimate of drug-likeness (QED) is 0.149. The Morgan fingerprint density at radius 2 is 1.10 bits per heavy atom. The van der Waals surface area contributed by atoms with Gasteiger partial charge in [-0.3, -0.25) is 0 Å². The van der Waals surface area contributed by atoms with E-state index in [-0.39, 0.29) is 5.41 Å². The number of fused-ring (bicyclic) bond motifs is 5. The molecule has 0 aromatic heterocycles. The maximum Gasteiger partial charge on any atom is 0.0543 e. The second kappa shape index (κ2) is 14.9. The number of hydrogen-bond donors (Lipinski definition) is 0. The first-order valence-electron chi connectivity index (χ1n) is 22.5. The molecule has 0 radical (unpaired) electrons. The van der Waals surface area contributed by atoms with E-state index in [1.54, 1.807) is 0 Å². The van der Waals surface area contributed by atoms with Crippen LogP contribution < -0.4 is 4.90 Å². The minimum absolute atomic E-state index is 0.203. The summed E-state index contributed by atoms with van der Waals surface area (Å²) >= 11 is 0. The van der Waals surface area contributed by atoms with Gasteiger partial charge in [0, 0.05) is 22.4 Å². The molecule has 0 heterocycles. The van der Waals surface area contributed by atoms with Crippen LogP contribution in [0, 0.1) is 11.8 Å². The van der Waals surface area contributed by atoms with Gasteiger partial charge in [0.15, 0.2) is 0 Å². The third kappa shape index (κ3) is 6.46. The Labute approximate surface area is 351 Å². The van der Waals surface area contributed by atoms with Gasteiger partial charge in [-0.1, -0.05) is 167 Å². The van der Waals surface area contributed by atoms with E-state index >= 15 is 0 Å². The Morgan fingerprint density at radius 3 is 1.78 bits per heavy atom. The van der Waals surface area contributed by atoms with Gasteiger partial charge in [-0.15, -0.1) is 0 Å². The summed E-state index contributed by atoms with van der Waals surface area (Å²) in [5, 5.41) is 0. The van der Waals surface area contributed by atoms with Gasteiger partial charge in [0.2, 0.25) is 0 Å². The van der Waals surface area contributed by atoms with Crippen LogP contribution in [0.25, 0.3) is 44.5 Å². The number of rotatable bonds is 8. The molecule has 3 atom stereocenters. The molecule has 292 valence electrons. The Hall–Kier alpha value is -5.66. The lowest BCUT2D eigenvalue weighted by molar-refractivity contribution is 0.420. The highest BCUT2D eigenvalue weighted by Gasteiger charge is 2.41. The summed E-state index contributed by atoms with van der Waals surface area (Å²) in [7, 11) is 0. The number of nitrogens with zero attached hydrogens (tertiary/aromatic N) is 1. The molecule has 59 heavy (non-hydrogen) atoms. The van der Waals surface area contributed by atoms with Crippen LogP contribution >= 0.6 is 0 Å². The number of anilines is 3. The molecule has 11 rings (SSSR count). The third-order valence-corrected chi connectivity index (χ3v) is 14.9. The highest BCUT2D eigenvalue weighted by Crippen LogP contribution is 2.57. The van der Waals surface area contributed by atoms with Gasteiger partial charge in [-0.05, 0) is 153 Å². The second-order valence-corrected chi connectivity index (χ2v) is 18.7. The molecule has 4 aliphatic carbocycles. The van der Waals surface area contributed by atoms with Crippen molar-refractivity contribution in [1.29, 1.82) is 0 Å². The summed E-state index contributed by atoms with van der Waals surface area (Å²) in [5.74, 6) is 3.18. The lowest BCUT2D eigenvalue weighted by atomic mass is 9.78. The molecule has 1 heteroatoms. The predicted octanol–water partition coefficient (Wildman–Crippen LogP) is 16.4. The molecule has 0 N–H and O–H groups in total. The average molecular weight is 766 g/mol. The molecule has 0 saturated heterocycles. The van der Waals surface area contributed by atoms with E-state index in [9.17, 15) is 0 Å². The fraction of sp³-hybridized carbons (Fsp3) is 0.276. The maximum absolute atomic E-state index is 2.55. The SMILES string of the molecule is CC1(C)c2cc(N(c3ccc(-c4cccc(C5CCCCC5)c4)cc3)c3ccc(C4CC5CCC4C5)cc3)c(-c3ccccc3)cc2-c2cccc(-c3ccccc3)c21. The standard InChI is InChI=1S/C58H55N/c1-58(2)55-38-56(53(43-18-10-5-11-19-43)37-54(55)51-23-13-22-50(57(51)58)42-16-8-4-9-17-42)59(49-32-28-44(29-33-49)52-35-39-24-25-47(52)34-39)48-30-26-41(27-31-48)46-21-12-20-45(36-46)40-14-6-3-7-15-40/h4-5,8-13,16-23,26-33,36-40,47,52H,3,6-7,14-15,24-25,34-35H2,1-2H3. The van der Waals surface area contributed by atoms with Crippen molar-refractivity contribution in [2.24, 2.45) is 11.8 Å². The van der Waals surface area contributed by atoms with Crippen molar-refractivity contribution < 1.29 is 0 Å². The van der Waals surface area contributed by atoms with E-state index in [1.807, 2.05) is 0 Å². The van der Waals surface area contributed by atoms with E-state index in [1.165, 1.54) is 142 Å². The summed E-state index contributed by atoms with van der Waals surface area (Å²) in [6, 6.07) is 62.6. The highest BCUT2D eigenvalue weighted by molar-refractivity contribution is 5.96. The molecule has 3 saturated carbocycles. The van der Waals surface area contributed by atoms with Crippen LogP contribution in [0.4, 0.5) is 17.1 Å². The zero-order valence-corrected chi connectivity index (χ0v) is 34.7. The number of benzene rings is 7. The molecule has 0 aliphatic heterocycles. The van der Waals surface area contributed by atoms with Crippen molar-refractivity contribution in [1.82, 2.24) is 0 Å². The molecule has 0 amide bonds. The summed E-state index contributed by atoms with van der Waals surface area (Å²) in [5.41, 5.74) is 19.6. The minimum Gasteiger partial charge on any atom is -0.310 e. The molecule has 4 aliphatic rings. The van der Waals surface area contributed by atoms with E-state index in [0.29, 0.717) is 11.8 Å². The van der Waals surface area contributed by atoms with Gasteiger partial charge < -0.3 is 4.90 Å². The zero-order valence-electron chi connectivity index (χ0n) is 34.7. The minimum atomic E-state index is -0.203. The van der Waals surface area contributed by atoms with Crippen molar-refractivity contribution >= 4 is 17.1 Å². The Balaban J connectivity index is 1.06. The molecule has 7 aromatic carbocycles. The lowest BCUT2D eigenvalue weighted by Gasteiger charge is -2.31. The largest absolute Gasteiger partial charge is 0.310 e. The van der Waals surface area contributed by atoms with E-state index in [0.717, 1.165) is 11.8 Å². The monoisotopic (exact) mass is 765 g/mol. The first-order valence-corrected chi connectivity index (χ1v) is 22.5. The summed E-state index contributed by atoms with van der Waals surface area (Å²) < 4.78 is 0. The highest BCUT2D eigenvalue weighted by atomic mass is 15.1. The molecule has 2 bridgehead atoms. The average Bonchev–Trinajstić information content (AvgIpc) is 4.00. The summed E-state index contributed by atoms with van der Waals surface area (Å²) in [4.78, 5) is 2.55. The zero-order chi connectivity index (χ0) is 39.5. The van der Waals surface area contributed by atoms with Gasteiger partial charge >= 0.3 is 0 Å². The van der Waals surface area contributed by atoms with Gasteiger partial charge in [0.25, 0.3) is 0 Å². The fourth-order valence-corrected chi connectivity index (χ4v) is 12.0. The van der Waals surface area contributed by atoms with Crippen molar-refractivity contribution in [3.63, 3.8) is 0 Å². The van der Waals surface area contributed by atoms with E-state index in [2.05, 4.69) is 183 Å². The summed E-state index contributed by atoms with van der Waals surface area (Å²) in [6.45, 7) is 4.86. The molecule has 7 aromatic rings. The molecular formula is C58H55N. The van der Waals surface area contributed by atoms with E-state index in [4.69, 9.17) is 0 Å². The van der Waals surface area contributed by atoms with Crippen LogP contribution in [0.1, 0.15) is 106 Å². The van der Waals surface area contributed by atoms with Gasteiger partial charge in [0.1, 0.15) is 0 Å². The Bertz CT molecular complexity index is 2610.